The first-order chi connectivity index (χ1) is 8.70. The smallest absolute Gasteiger partial charge is 0.134 e. The van der Waals surface area contributed by atoms with Crippen molar-refractivity contribution in [3.8, 4) is 5.75 Å². The normalized spacial score (nSPS) is 10.4. The van der Waals surface area contributed by atoms with Crippen molar-refractivity contribution in [2.75, 3.05) is 0 Å². The molecule has 0 bridgehead atoms. The third kappa shape index (κ3) is 3.12. The molecule has 0 unspecified atom stereocenters. The highest BCUT2D eigenvalue weighted by Gasteiger charge is 2.04. The molecule has 0 heterocycles. The van der Waals surface area contributed by atoms with Crippen molar-refractivity contribution in [2.24, 2.45) is 5.73 Å². The van der Waals surface area contributed by atoms with Gasteiger partial charge in [-0.25, -0.2) is 0 Å². The van der Waals surface area contributed by atoms with Gasteiger partial charge in [-0.1, -0.05) is 30.3 Å². The molecule has 94 valence electrons. The minimum atomic E-state index is 0.536. The van der Waals surface area contributed by atoms with E-state index >= 15 is 0 Å². The van der Waals surface area contributed by atoms with Crippen LogP contribution in [0.15, 0.2) is 46.9 Å². The minimum absolute atomic E-state index is 0.536. The van der Waals surface area contributed by atoms with E-state index in [2.05, 4.69) is 22.9 Å². The predicted octanol–water partition coefficient (Wildman–Crippen LogP) is 3.80. The highest BCUT2D eigenvalue weighted by atomic mass is 79.9. The minimum Gasteiger partial charge on any atom is -0.488 e. The second kappa shape index (κ2) is 6.03. The first kappa shape index (κ1) is 13.1. The number of benzene rings is 2. The summed E-state index contributed by atoms with van der Waals surface area (Å²) in [7, 11) is 0. The fourth-order valence-electron chi connectivity index (χ4n) is 1.78. The molecule has 0 saturated carbocycles. The van der Waals surface area contributed by atoms with Crippen LogP contribution in [0.1, 0.15) is 16.7 Å². The number of rotatable bonds is 4. The molecule has 0 aliphatic heterocycles. The van der Waals surface area contributed by atoms with Crippen molar-refractivity contribution >= 4 is 15.9 Å². The Bertz CT molecular complexity index is 540. The van der Waals surface area contributed by atoms with E-state index in [-0.39, 0.29) is 0 Å². The van der Waals surface area contributed by atoms with Crippen LogP contribution in [0.2, 0.25) is 0 Å². The summed E-state index contributed by atoms with van der Waals surface area (Å²) in [4.78, 5) is 0. The zero-order valence-corrected chi connectivity index (χ0v) is 11.9. The summed E-state index contributed by atoms with van der Waals surface area (Å²) in [5.74, 6) is 0.854. The van der Waals surface area contributed by atoms with Gasteiger partial charge in [0.1, 0.15) is 12.4 Å². The Morgan fingerprint density at radius 2 is 1.83 bits per heavy atom. The van der Waals surface area contributed by atoms with Crippen molar-refractivity contribution in [1.29, 1.82) is 0 Å². The van der Waals surface area contributed by atoms with Crippen LogP contribution >= 0.6 is 15.9 Å². The summed E-state index contributed by atoms with van der Waals surface area (Å²) < 4.78 is 6.80. The Hall–Kier alpha value is -1.32. The van der Waals surface area contributed by atoms with E-state index in [4.69, 9.17) is 10.5 Å². The van der Waals surface area contributed by atoms with E-state index in [9.17, 15) is 0 Å². The molecule has 0 aromatic heterocycles. The largest absolute Gasteiger partial charge is 0.488 e. The Morgan fingerprint density at radius 1 is 1.11 bits per heavy atom. The summed E-state index contributed by atoms with van der Waals surface area (Å²) in [5.41, 5.74) is 9.17. The molecule has 0 saturated heterocycles. The quantitative estimate of drug-likeness (QED) is 0.932. The maximum absolute atomic E-state index is 5.82. The number of ether oxygens (including phenoxy) is 1. The Morgan fingerprint density at radius 3 is 2.50 bits per heavy atom. The fraction of sp³-hybridized carbons (Fsp3) is 0.200. The van der Waals surface area contributed by atoms with Crippen LogP contribution in [0.4, 0.5) is 0 Å². The second-order valence-corrected chi connectivity index (χ2v) is 5.05. The van der Waals surface area contributed by atoms with Gasteiger partial charge in [0.05, 0.1) is 4.47 Å². The van der Waals surface area contributed by atoms with Crippen molar-refractivity contribution < 1.29 is 4.74 Å². The molecular formula is C15H16BrNO. The van der Waals surface area contributed by atoms with Crippen LogP contribution in [0, 0.1) is 6.92 Å². The van der Waals surface area contributed by atoms with Gasteiger partial charge in [0.25, 0.3) is 0 Å². The van der Waals surface area contributed by atoms with Crippen LogP contribution in [0.25, 0.3) is 0 Å². The molecule has 3 heteroatoms. The SMILES string of the molecule is Cc1ccc(OCc2ccccc2CN)c(Br)c1. The first-order valence-electron chi connectivity index (χ1n) is 5.86. The molecule has 0 aliphatic rings. The lowest BCUT2D eigenvalue weighted by Gasteiger charge is -2.11. The Balaban J connectivity index is 2.11. The molecule has 2 nitrogen and oxygen atoms in total. The molecule has 0 atom stereocenters. The van der Waals surface area contributed by atoms with Gasteiger partial charge in [-0.15, -0.1) is 0 Å². The lowest BCUT2D eigenvalue weighted by molar-refractivity contribution is 0.303. The van der Waals surface area contributed by atoms with Crippen molar-refractivity contribution in [2.45, 2.75) is 20.1 Å². The maximum atomic E-state index is 5.82. The monoisotopic (exact) mass is 305 g/mol. The van der Waals surface area contributed by atoms with E-state index < -0.39 is 0 Å². The summed E-state index contributed by atoms with van der Waals surface area (Å²) in [6, 6.07) is 14.1. The molecule has 0 fully saturated rings. The first-order valence-corrected chi connectivity index (χ1v) is 6.66. The lowest BCUT2D eigenvalue weighted by Crippen LogP contribution is -2.04. The molecule has 2 aromatic rings. The number of halogens is 1. The van der Waals surface area contributed by atoms with Gasteiger partial charge in [0.15, 0.2) is 0 Å². The molecule has 2 aromatic carbocycles. The van der Waals surface area contributed by atoms with Crippen LogP contribution in [-0.4, -0.2) is 0 Å². The number of hydrogen-bond donors (Lipinski definition) is 1. The zero-order chi connectivity index (χ0) is 13.0. The van der Waals surface area contributed by atoms with Gasteiger partial charge < -0.3 is 10.5 Å². The van der Waals surface area contributed by atoms with E-state index in [1.54, 1.807) is 0 Å². The van der Waals surface area contributed by atoms with Crippen LogP contribution < -0.4 is 10.5 Å². The molecule has 0 spiro atoms. The van der Waals surface area contributed by atoms with Gasteiger partial charge >= 0.3 is 0 Å². The van der Waals surface area contributed by atoms with Crippen molar-refractivity contribution in [1.82, 2.24) is 0 Å². The van der Waals surface area contributed by atoms with Gasteiger partial charge in [0, 0.05) is 6.54 Å². The van der Waals surface area contributed by atoms with Crippen LogP contribution in [0.3, 0.4) is 0 Å². The summed E-state index contributed by atoms with van der Waals surface area (Å²) in [5, 5.41) is 0. The van der Waals surface area contributed by atoms with Gasteiger partial charge in [-0.05, 0) is 51.7 Å². The van der Waals surface area contributed by atoms with Crippen molar-refractivity contribution in [3.05, 3.63) is 63.6 Å². The molecule has 2 N–H and O–H groups in total. The standard InChI is InChI=1S/C15H16BrNO/c1-11-6-7-15(14(16)8-11)18-10-13-5-3-2-4-12(13)9-17/h2-8H,9-10,17H2,1H3. The van der Waals surface area contributed by atoms with Gasteiger partial charge in [-0.2, -0.15) is 0 Å². The van der Waals surface area contributed by atoms with Gasteiger partial charge in [0.2, 0.25) is 0 Å². The zero-order valence-electron chi connectivity index (χ0n) is 10.3. The van der Waals surface area contributed by atoms with Gasteiger partial charge in [-0.3, -0.25) is 0 Å². The number of aryl methyl sites for hydroxylation is 1. The molecule has 0 radical (unpaired) electrons. The maximum Gasteiger partial charge on any atom is 0.134 e. The number of hydrogen-bond acceptors (Lipinski definition) is 2. The summed E-state index contributed by atoms with van der Waals surface area (Å²) >= 11 is 3.51. The van der Waals surface area contributed by atoms with Crippen LogP contribution in [0.5, 0.6) is 5.75 Å². The highest BCUT2D eigenvalue weighted by Crippen LogP contribution is 2.26. The average Bonchev–Trinajstić information content (AvgIpc) is 2.38. The molecule has 0 aliphatic carbocycles. The van der Waals surface area contributed by atoms with Crippen LogP contribution in [-0.2, 0) is 13.2 Å². The predicted molar refractivity (Wildman–Crippen MR) is 77.5 cm³/mol. The second-order valence-electron chi connectivity index (χ2n) is 4.20. The average molecular weight is 306 g/mol. The Kier molecular flexibility index (Phi) is 4.39. The molecule has 2 rings (SSSR count). The van der Waals surface area contributed by atoms with E-state index in [0.29, 0.717) is 13.2 Å². The molecule has 0 amide bonds. The summed E-state index contributed by atoms with van der Waals surface area (Å²) in [6.45, 7) is 3.13. The van der Waals surface area contributed by atoms with E-state index in [1.807, 2.05) is 42.5 Å². The van der Waals surface area contributed by atoms with E-state index in [0.717, 1.165) is 21.3 Å². The van der Waals surface area contributed by atoms with Crippen molar-refractivity contribution in [3.63, 3.8) is 0 Å². The summed E-state index contributed by atoms with van der Waals surface area (Å²) in [6.07, 6.45) is 0. The fourth-order valence-corrected chi connectivity index (χ4v) is 2.38. The third-order valence-electron chi connectivity index (χ3n) is 2.81. The topological polar surface area (TPSA) is 35.2 Å². The van der Waals surface area contributed by atoms with E-state index in [1.165, 1.54) is 5.56 Å². The Labute approximate surface area is 116 Å². The lowest BCUT2D eigenvalue weighted by atomic mass is 10.1. The third-order valence-corrected chi connectivity index (χ3v) is 3.43. The molecule has 18 heavy (non-hydrogen) atoms. The molecular weight excluding hydrogens is 290 g/mol. The number of nitrogens with two attached hydrogens (primary N) is 1. The highest BCUT2D eigenvalue weighted by molar-refractivity contribution is 9.10.